The second kappa shape index (κ2) is 6.37. The highest BCUT2D eigenvalue weighted by atomic mass is 16.5. The van der Waals surface area contributed by atoms with Gasteiger partial charge in [0.25, 0.3) is 0 Å². The van der Waals surface area contributed by atoms with E-state index in [4.69, 9.17) is 4.74 Å². The van der Waals surface area contributed by atoms with Crippen LogP contribution in [0.25, 0.3) is 0 Å². The molecule has 0 aromatic heterocycles. The Morgan fingerprint density at radius 1 is 1.05 bits per heavy atom. The molecule has 1 saturated heterocycles. The highest BCUT2D eigenvalue weighted by molar-refractivity contribution is 5.79. The molecule has 3 rings (SSSR count). The lowest BCUT2D eigenvalue weighted by atomic mass is 10.1. The Balaban J connectivity index is 1.55. The number of benzene rings is 1. The van der Waals surface area contributed by atoms with Crippen LogP contribution in [0.5, 0.6) is 5.75 Å². The summed E-state index contributed by atoms with van der Waals surface area (Å²) in [6.45, 7) is 3.54. The summed E-state index contributed by atoms with van der Waals surface area (Å²) < 4.78 is 5.19. The fourth-order valence-electron chi connectivity index (χ4n) is 3.41. The van der Waals surface area contributed by atoms with Crippen molar-refractivity contribution in [3.63, 3.8) is 0 Å². The maximum atomic E-state index is 12.4. The van der Waals surface area contributed by atoms with Crippen LogP contribution in [0.2, 0.25) is 0 Å². The minimum Gasteiger partial charge on any atom is -0.497 e. The zero-order chi connectivity index (χ0) is 14.7. The number of carbonyl (C=O) groups excluding carboxylic acids is 1. The summed E-state index contributed by atoms with van der Waals surface area (Å²) in [5, 5.41) is 0. The maximum absolute atomic E-state index is 12.4. The van der Waals surface area contributed by atoms with Gasteiger partial charge in [-0.25, -0.2) is 0 Å². The molecular weight excluding hydrogens is 264 g/mol. The van der Waals surface area contributed by atoms with Gasteiger partial charge < -0.3 is 14.5 Å². The van der Waals surface area contributed by atoms with E-state index in [1.165, 1.54) is 18.5 Å². The average Bonchev–Trinajstić information content (AvgIpc) is 3.09. The van der Waals surface area contributed by atoms with Gasteiger partial charge in [-0.15, -0.1) is 0 Å². The number of rotatable bonds is 3. The first-order valence-electron chi connectivity index (χ1n) is 7.96. The summed E-state index contributed by atoms with van der Waals surface area (Å²) in [6, 6.07) is 8.16. The zero-order valence-electron chi connectivity index (χ0n) is 12.8. The van der Waals surface area contributed by atoms with Gasteiger partial charge in [0.1, 0.15) is 5.75 Å². The van der Waals surface area contributed by atoms with E-state index in [1.807, 2.05) is 12.1 Å². The minimum absolute atomic E-state index is 0.303. The van der Waals surface area contributed by atoms with Crippen molar-refractivity contribution in [1.29, 1.82) is 0 Å². The zero-order valence-corrected chi connectivity index (χ0v) is 12.8. The van der Waals surface area contributed by atoms with Crippen molar-refractivity contribution in [2.24, 2.45) is 5.92 Å². The van der Waals surface area contributed by atoms with E-state index in [-0.39, 0.29) is 0 Å². The van der Waals surface area contributed by atoms with E-state index in [0.717, 1.165) is 44.8 Å². The molecule has 0 atom stereocenters. The van der Waals surface area contributed by atoms with Crippen LogP contribution in [0.4, 0.5) is 5.69 Å². The third kappa shape index (κ3) is 3.14. The van der Waals surface area contributed by atoms with E-state index >= 15 is 0 Å². The highest BCUT2D eigenvalue weighted by Crippen LogP contribution is 2.27. The number of nitrogens with zero attached hydrogens (tertiary/aromatic N) is 2. The van der Waals surface area contributed by atoms with Gasteiger partial charge in [0.2, 0.25) is 5.91 Å². The number of amides is 1. The van der Waals surface area contributed by atoms with Gasteiger partial charge in [-0.2, -0.15) is 0 Å². The van der Waals surface area contributed by atoms with E-state index in [1.54, 1.807) is 7.11 Å². The number of hydrogen-bond acceptors (Lipinski definition) is 3. The first-order chi connectivity index (χ1) is 10.3. The van der Waals surface area contributed by atoms with Gasteiger partial charge in [0.15, 0.2) is 0 Å². The van der Waals surface area contributed by atoms with Crippen molar-refractivity contribution in [2.45, 2.75) is 25.7 Å². The summed E-state index contributed by atoms with van der Waals surface area (Å²) in [5.41, 5.74) is 1.21. The van der Waals surface area contributed by atoms with Gasteiger partial charge in [-0.05, 0) is 37.1 Å². The van der Waals surface area contributed by atoms with Crippen LogP contribution in [0.1, 0.15) is 25.7 Å². The monoisotopic (exact) mass is 288 g/mol. The molecule has 0 unspecified atom stereocenters. The lowest BCUT2D eigenvalue weighted by molar-refractivity contribution is -0.135. The molecule has 0 N–H and O–H groups in total. The molecule has 114 valence electrons. The quantitative estimate of drug-likeness (QED) is 0.857. The van der Waals surface area contributed by atoms with Crippen LogP contribution >= 0.6 is 0 Å². The Kier molecular flexibility index (Phi) is 4.32. The van der Waals surface area contributed by atoms with Crippen LogP contribution in [0.3, 0.4) is 0 Å². The van der Waals surface area contributed by atoms with Gasteiger partial charge >= 0.3 is 0 Å². The first-order valence-corrected chi connectivity index (χ1v) is 7.96. The molecule has 0 bridgehead atoms. The van der Waals surface area contributed by atoms with Crippen molar-refractivity contribution in [2.75, 3.05) is 38.2 Å². The molecule has 1 saturated carbocycles. The van der Waals surface area contributed by atoms with E-state index in [9.17, 15) is 4.79 Å². The molecule has 0 radical (unpaired) electrons. The summed E-state index contributed by atoms with van der Waals surface area (Å²) in [5.74, 6) is 1.58. The molecule has 1 aliphatic heterocycles. The third-order valence-electron chi connectivity index (χ3n) is 4.73. The van der Waals surface area contributed by atoms with Gasteiger partial charge in [-0.1, -0.05) is 12.8 Å². The van der Waals surface area contributed by atoms with Gasteiger partial charge in [0, 0.05) is 37.8 Å². The summed E-state index contributed by atoms with van der Waals surface area (Å²) in [7, 11) is 1.68. The molecular formula is C17H24N2O2. The van der Waals surface area contributed by atoms with Crippen LogP contribution < -0.4 is 9.64 Å². The van der Waals surface area contributed by atoms with Crippen LogP contribution in [0, 0.1) is 5.92 Å². The summed E-state index contributed by atoms with van der Waals surface area (Å²) >= 11 is 0. The molecule has 2 fully saturated rings. The van der Waals surface area contributed by atoms with Crippen molar-refractivity contribution in [3.05, 3.63) is 24.3 Å². The minimum atomic E-state index is 0.303. The molecule has 2 aliphatic rings. The smallest absolute Gasteiger partial charge is 0.225 e. The fraction of sp³-hybridized carbons (Fsp3) is 0.588. The normalized spacial score (nSPS) is 19.9. The standard InChI is InChI=1S/C17H24N2O2/c1-21-16-8-6-15(7-9-16)18-10-12-19(13-11-18)17(20)14-4-2-3-5-14/h6-9,14H,2-5,10-13H2,1H3. The Morgan fingerprint density at radius 3 is 2.24 bits per heavy atom. The van der Waals surface area contributed by atoms with Gasteiger partial charge in [0.05, 0.1) is 7.11 Å². The largest absolute Gasteiger partial charge is 0.497 e. The Morgan fingerprint density at radius 2 is 1.67 bits per heavy atom. The molecule has 4 heteroatoms. The van der Waals surface area contributed by atoms with Crippen LogP contribution in [-0.2, 0) is 4.79 Å². The molecule has 1 aromatic carbocycles. The molecule has 1 aromatic rings. The topological polar surface area (TPSA) is 32.8 Å². The second-order valence-electron chi connectivity index (χ2n) is 5.99. The molecule has 1 heterocycles. The van der Waals surface area contributed by atoms with E-state index in [0.29, 0.717) is 11.8 Å². The fourth-order valence-corrected chi connectivity index (χ4v) is 3.41. The predicted octanol–water partition coefficient (Wildman–Crippen LogP) is 2.53. The van der Waals surface area contributed by atoms with Crippen molar-refractivity contribution < 1.29 is 9.53 Å². The lowest BCUT2D eigenvalue weighted by Gasteiger charge is -2.37. The van der Waals surface area contributed by atoms with E-state index < -0.39 is 0 Å². The number of hydrogen-bond donors (Lipinski definition) is 0. The number of carbonyl (C=O) groups is 1. The molecule has 0 spiro atoms. The average molecular weight is 288 g/mol. The maximum Gasteiger partial charge on any atom is 0.225 e. The second-order valence-corrected chi connectivity index (χ2v) is 5.99. The lowest BCUT2D eigenvalue weighted by Crippen LogP contribution is -2.50. The first kappa shape index (κ1) is 14.2. The van der Waals surface area contributed by atoms with Crippen LogP contribution in [-0.4, -0.2) is 44.1 Å². The predicted molar refractivity (Wildman–Crippen MR) is 83.7 cm³/mol. The molecule has 1 amide bonds. The SMILES string of the molecule is COc1ccc(N2CCN(C(=O)C3CCCC3)CC2)cc1. The molecule has 4 nitrogen and oxygen atoms in total. The molecule has 1 aliphatic carbocycles. The van der Waals surface area contributed by atoms with Crippen molar-refractivity contribution >= 4 is 11.6 Å². The summed E-state index contributed by atoms with van der Waals surface area (Å²) in [6.07, 6.45) is 4.64. The van der Waals surface area contributed by atoms with Crippen LogP contribution in [0.15, 0.2) is 24.3 Å². The van der Waals surface area contributed by atoms with Crippen molar-refractivity contribution in [3.8, 4) is 5.75 Å². The number of ether oxygens (including phenoxy) is 1. The number of anilines is 1. The third-order valence-corrected chi connectivity index (χ3v) is 4.73. The van der Waals surface area contributed by atoms with Gasteiger partial charge in [-0.3, -0.25) is 4.79 Å². The molecule has 21 heavy (non-hydrogen) atoms. The van der Waals surface area contributed by atoms with E-state index in [2.05, 4.69) is 21.9 Å². The highest BCUT2D eigenvalue weighted by Gasteiger charge is 2.29. The Hall–Kier alpha value is -1.71. The Labute approximate surface area is 126 Å². The van der Waals surface area contributed by atoms with Crippen molar-refractivity contribution in [1.82, 2.24) is 4.90 Å². The summed E-state index contributed by atoms with van der Waals surface area (Å²) in [4.78, 5) is 16.8. The number of piperazine rings is 1. The Bertz CT molecular complexity index is 472. The number of methoxy groups -OCH3 is 1.